The Balaban J connectivity index is 2.32. The van der Waals surface area contributed by atoms with Crippen molar-refractivity contribution < 1.29 is 14.3 Å². The van der Waals surface area contributed by atoms with Gasteiger partial charge >= 0.3 is 5.97 Å². The molecule has 24 heavy (non-hydrogen) atoms. The lowest BCUT2D eigenvalue weighted by Crippen LogP contribution is -2.18. The minimum Gasteiger partial charge on any atom is -0.462 e. The molecule has 5 heteroatoms. The molecular weight excluding hydrogens is 326 g/mol. The summed E-state index contributed by atoms with van der Waals surface area (Å²) in [5.74, 6) is -1.18. The maximum absolute atomic E-state index is 12.7. The third kappa shape index (κ3) is 4.46. The van der Waals surface area contributed by atoms with E-state index in [1.807, 2.05) is 31.2 Å². The van der Waals surface area contributed by atoms with Gasteiger partial charge in [-0.1, -0.05) is 41.4 Å². The highest BCUT2D eigenvalue weighted by molar-refractivity contribution is 6.36. The van der Waals surface area contributed by atoms with E-state index >= 15 is 0 Å². The molecule has 0 heterocycles. The van der Waals surface area contributed by atoms with Crippen LogP contribution in [0.3, 0.4) is 0 Å². The van der Waals surface area contributed by atoms with Crippen molar-refractivity contribution in [2.24, 2.45) is 0 Å². The lowest BCUT2D eigenvalue weighted by atomic mass is 10.0. The monoisotopic (exact) mass is 343 g/mol. The Morgan fingerprint density at radius 3 is 2.42 bits per heavy atom. The van der Waals surface area contributed by atoms with Gasteiger partial charge in [0.1, 0.15) is 5.57 Å². The number of Topliss-reactive ketones (excluding diaryl/α,β-unsaturated/α-hetero) is 1. The fourth-order valence-electron chi connectivity index (χ4n) is 2.02. The number of carbonyl (C=O) groups is 2. The second kappa shape index (κ2) is 8.31. The molecule has 0 aliphatic heterocycles. The average Bonchev–Trinajstić information content (AvgIpc) is 2.57. The van der Waals surface area contributed by atoms with E-state index in [0.717, 1.165) is 11.3 Å². The first-order valence-electron chi connectivity index (χ1n) is 7.52. The van der Waals surface area contributed by atoms with Crippen LogP contribution in [0.15, 0.2) is 60.3 Å². The maximum atomic E-state index is 12.7. The Morgan fingerprint density at radius 1 is 1.12 bits per heavy atom. The third-order valence-corrected chi connectivity index (χ3v) is 3.62. The van der Waals surface area contributed by atoms with Crippen molar-refractivity contribution in [2.75, 3.05) is 11.9 Å². The molecule has 2 aromatic rings. The summed E-state index contributed by atoms with van der Waals surface area (Å²) in [6, 6.07) is 14.1. The largest absolute Gasteiger partial charge is 0.462 e. The molecule has 0 aromatic heterocycles. The van der Waals surface area contributed by atoms with Crippen molar-refractivity contribution >= 4 is 29.0 Å². The Morgan fingerprint density at radius 2 is 1.79 bits per heavy atom. The predicted molar refractivity (Wildman–Crippen MR) is 95.3 cm³/mol. The number of aryl methyl sites for hydroxylation is 1. The van der Waals surface area contributed by atoms with Crippen LogP contribution in [-0.2, 0) is 9.53 Å². The Bertz CT molecular complexity index is 766. The van der Waals surface area contributed by atoms with Gasteiger partial charge in [0.05, 0.1) is 11.6 Å². The van der Waals surface area contributed by atoms with Gasteiger partial charge in [-0.3, -0.25) is 4.79 Å². The predicted octanol–water partition coefficient (Wildman–Crippen LogP) is 4.39. The van der Waals surface area contributed by atoms with Gasteiger partial charge in [-0.15, -0.1) is 0 Å². The van der Waals surface area contributed by atoms with Crippen molar-refractivity contribution in [1.29, 1.82) is 0 Å². The van der Waals surface area contributed by atoms with E-state index < -0.39 is 11.8 Å². The summed E-state index contributed by atoms with van der Waals surface area (Å²) in [5.41, 5.74) is 2.02. The van der Waals surface area contributed by atoms with E-state index in [2.05, 4.69) is 5.32 Å². The highest BCUT2D eigenvalue weighted by Gasteiger charge is 2.22. The van der Waals surface area contributed by atoms with Crippen LogP contribution in [0.2, 0.25) is 5.02 Å². The zero-order chi connectivity index (χ0) is 17.5. The number of hydrogen-bond donors (Lipinski definition) is 1. The number of nitrogens with one attached hydrogen (secondary N) is 1. The standard InChI is InChI=1S/C19H18ClNO3/c1-3-24-19(23)16(12-21-14-10-8-13(2)9-11-14)18(22)15-6-4-5-7-17(15)20/h4-12,21H,3H2,1-2H3/b16-12+. The fourth-order valence-corrected chi connectivity index (χ4v) is 2.24. The molecule has 0 atom stereocenters. The van der Waals surface area contributed by atoms with Gasteiger partial charge in [0.2, 0.25) is 5.78 Å². The molecule has 0 unspecified atom stereocenters. The normalized spacial score (nSPS) is 11.0. The first-order valence-corrected chi connectivity index (χ1v) is 7.90. The summed E-state index contributed by atoms with van der Waals surface area (Å²) in [7, 11) is 0. The van der Waals surface area contributed by atoms with E-state index in [1.54, 1.807) is 31.2 Å². The molecule has 0 saturated carbocycles. The number of ether oxygens (including phenoxy) is 1. The minimum absolute atomic E-state index is 0.106. The van der Waals surface area contributed by atoms with Gasteiger partial charge in [0, 0.05) is 17.5 Å². The van der Waals surface area contributed by atoms with Crippen molar-refractivity contribution in [3.63, 3.8) is 0 Å². The van der Waals surface area contributed by atoms with Crippen LogP contribution < -0.4 is 5.32 Å². The van der Waals surface area contributed by atoms with Crippen LogP contribution in [0.5, 0.6) is 0 Å². The fraction of sp³-hybridized carbons (Fsp3) is 0.158. The van der Waals surface area contributed by atoms with Gasteiger partial charge in [-0.2, -0.15) is 0 Å². The van der Waals surface area contributed by atoms with E-state index in [-0.39, 0.29) is 22.8 Å². The van der Waals surface area contributed by atoms with Crippen LogP contribution in [0.1, 0.15) is 22.8 Å². The molecule has 0 spiro atoms. The van der Waals surface area contributed by atoms with Crippen LogP contribution in [0.25, 0.3) is 0 Å². The molecular formula is C19H18ClNO3. The Labute approximate surface area is 146 Å². The zero-order valence-corrected chi connectivity index (χ0v) is 14.3. The molecule has 4 nitrogen and oxygen atoms in total. The lowest BCUT2D eigenvalue weighted by molar-refractivity contribution is -0.138. The summed E-state index contributed by atoms with van der Waals surface area (Å²) in [6.45, 7) is 3.84. The second-order valence-electron chi connectivity index (χ2n) is 5.10. The van der Waals surface area contributed by atoms with E-state index in [9.17, 15) is 9.59 Å². The number of anilines is 1. The van der Waals surface area contributed by atoms with Gasteiger partial charge in [0.25, 0.3) is 0 Å². The van der Waals surface area contributed by atoms with Crippen molar-refractivity contribution in [2.45, 2.75) is 13.8 Å². The number of rotatable bonds is 6. The van der Waals surface area contributed by atoms with Gasteiger partial charge in [0.15, 0.2) is 0 Å². The Kier molecular flexibility index (Phi) is 6.15. The van der Waals surface area contributed by atoms with Crippen molar-refractivity contribution in [1.82, 2.24) is 0 Å². The van der Waals surface area contributed by atoms with Crippen molar-refractivity contribution in [3.05, 3.63) is 76.5 Å². The average molecular weight is 344 g/mol. The van der Waals surface area contributed by atoms with Gasteiger partial charge < -0.3 is 10.1 Å². The maximum Gasteiger partial charge on any atom is 0.343 e. The number of ketones is 1. The summed E-state index contributed by atoms with van der Waals surface area (Å²) >= 11 is 6.06. The van der Waals surface area contributed by atoms with Gasteiger partial charge in [-0.25, -0.2) is 4.79 Å². The van der Waals surface area contributed by atoms with E-state index in [0.29, 0.717) is 0 Å². The summed E-state index contributed by atoms with van der Waals surface area (Å²) in [4.78, 5) is 24.8. The molecule has 1 N–H and O–H groups in total. The smallest absolute Gasteiger partial charge is 0.343 e. The Hall–Kier alpha value is -2.59. The number of halogens is 1. The van der Waals surface area contributed by atoms with Crippen LogP contribution in [-0.4, -0.2) is 18.4 Å². The quantitative estimate of drug-likeness (QED) is 0.278. The van der Waals surface area contributed by atoms with Crippen LogP contribution >= 0.6 is 11.6 Å². The third-order valence-electron chi connectivity index (χ3n) is 3.29. The van der Waals surface area contributed by atoms with Crippen LogP contribution in [0.4, 0.5) is 5.69 Å². The molecule has 0 radical (unpaired) electrons. The SMILES string of the molecule is CCOC(=O)/C(=C/Nc1ccc(C)cc1)C(=O)c1ccccc1Cl. The molecule has 124 valence electrons. The first-order chi connectivity index (χ1) is 11.5. The van der Waals surface area contributed by atoms with Gasteiger partial charge in [-0.05, 0) is 38.1 Å². The molecule has 0 saturated heterocycles. The number of carbonyl (C=O) groups excluding carboxylic acids is 2. The zero-order valence-electron chi connectivity index (χ0n) is 13.5. The topological polar surface area (TPSA) is 55.4 Å². The van der Waals surface area contributed by atoms with Crippen molar-refractivity contribution in [3.8, 4) is 0 Å². The minimum atomic E-state index is -0.693. The lowest BCUT2D eigenvalue weighted by Gasteiger charge is -2.09. The summed E-state index contributed by atoms with van der Waals surface area (Å²) in [5, 5.41) is 3.24. The highest BCUT2D eigenvalue weighted by atomic mass is 35.5. The number of hydrogen-bond acceptors (Lipinski definition) is 4. The summed E-state index contributed by atoms with van der Waals surface area (Å²) in [6.07, 6.45) is 1.36. The number of esters is 1. The highest BCUT2D eigenvalue weighted by Crippen LogP contribution is 2.20. The second-order valence-corrected chi connectivity index (χ2v) is 5.51. The first kappa shape index (κ1) is 17.8. The molecule has 0 bridgehead atoms. The molecule has 2 rings (SSSR count). The molecule has 2 aromatic carbocycles. The molecule has 0 amide bonds. The summed E-state index contributed by atoms with van der Waals surface area (Å²) < 4.78 is 4.98. The molecule has 0 aliphatic rings. The van der Waals surface area contributed by atoms with E-state index in [1.165, 1.54) is 6.20 Å². The molecule has 0 fully saturated rings. The van der Waals surface area contributed by atoms with Crippen LogP contribution in [0, 0.1) is 6.92 Å². The molecule has 0 aliphatic carbocycles. The number of benzene rings is 2. The van der Waals surface area contributed by atoms with E-state index in [4.69, 9.17) is 16.3 Å².